The molecule has 0 bridgehead atoms. The van der Waals surface area contributed by atoms with Gasteiger partial charge in [0.05, 0.1) is 12.5 Å². The molecule has 0 saturated heterocycles. The predicted octanol–water partition coefficient (Wildman–Crippen LogP) is 4.45. The first-order valence-electron chi connectivity index (χ1n) is 8.73. The van der Waals surface area contributed by atoms with Crippen molar-refractivity contribution in [1.82, 2.24) is 0 Å². The minimum Gasteiger partial charge on any atom is -0.467 e. The summed E-state index contributed by atoms with van der Waals surface area (Å²) in [5, 5.41) is 0.0912. The summed E-state index contributed by atoms with van der Waals surface area (Å²) in [7, 11) is -2.35. The summed E-state index contributed by atoms with van der Waals surface area (Å²) in [5.74, 6) is -0.684. The summed E-state index contributed by atoms with van der Waals surface area (Å²) in [6.07, 6.45) is -1.25. The highest BCUT2D eigenvalue weighted by molar-refractivity contribution is 7.74. The van der Waals surface area contributed by atoms with Crippen LogP contribution in [-0.2, 0) is 18.6 Å². The first-order chi connectivity index (χ1) is 13.6. The lowest BCUT2D eigenvalue weighted by Crippen LogP contribution is -2.33. The normalized spacial score (nSPS) is 13.5. The third-order valence-electron chi connectivity index (χ3n) is 4.27. The van der Waals surface area contributed by atoms with Gasteiger partial charge in [-0.15, -0.1) is 11.6 Å². The van der Waals surface area contributed by atoms with Crippen molar-refractivity contribution in [3.63, 3.8) is 0 Å². The molecule has 0 saturated carbocycles. The zero-order valence-electron chi connectivity index (χ0n) is 15.3. The maximum absolute atomic E-state index is 14.1. The third-order valence-corrected chi connectivity index (χ3v) is 7.23. The maximum Gasteiger partial charge on any atom is 0.337 e. The molecule has 0 spiro atoms. The van der Waals surface area contributed by atoms with Gasteiger partial charge in [0.1, 0.15) is 0 Å². The average Bonchev–Trinajstić information content (AvgIpc) is 2.78. The Morgan fingerprint density at radius 3 is 1.68 bits per heavy atom. The van der Waals surface area contributed by atoms with E-state index >= 15 is 0 Å². The van der Waals surface area contributed by atoms with Gasteiger partial charge in [-0.2, -0.15) is 0 Å². The van der Waals surface area contributed by atoms with Gasteiger partial charge < -0.3 is 9.26 Å². The van der Waals surface area contributed by atoms with E-state index in [-0.39, 0.29) is 0 Å². The second-order valence-electron chi connectivity index (χ2n) is 6.08. The van der Waals surface area contributed by atoms with Crippen LogP contribution in [0, 0.1) is 0 Å². The molecule has 3 rings (SSSR count). The Labute approximate surface area is 169 Å². The van der Waals surface area contributed by atoms with Crippen molar-refractivity contribution in [2.24, 2.45) is 0 Å². The Bertz CT molecular complexity index is 905. The van der Waals surface area contributed by atoms with Gasteiger partial charge in [-0.1, -0.05) is 66.7 Å². The quantitative estimate of drug-likeness (QED) is 0.325. The van der Waals surface area contributed by atoms with Crippen molar-refractivity contribution in [2.75, 3.05) is 7.11 Å². The van der Waals surface area contributed by atoms with E-state index in [1.807, 2.05) is 30.3 Å². The number of carbonyl (C=O) groups excluding carboxylic acids is 1. The SMILES string of the molecule is COC(=O)[C@@H](OP(=O)(c1ccccc1)c1ccccc1)[C@@H](Cl)c1ccccc1. The number of alkyl halides is 1. The van der Waals surface area contributed by atoms with Gasteiger partial charge in [-0.05, 0) is 29.8 Å². The zero-order valence-corrected chi connectivity index (χ0v) is 16.9. The first-order valence-corrected chi connectivity index (χ1v) is 10.8. The fourth-order valence-corrected chi connectivity index (χ4v) is 5.39. The number of ether oxygens (including phenoxy) is 1. The van der Waals surface area contributed by atoms with Crippen LogP contribution in [0.4, 0.5) is 0 Å². The minimum atomic E-state index is -3.61. The van der Waals surface area contributed by atoms with Gasteiger partial charge in [0.2, 0.25) is 0 Å². The van der Waals surface area contributed by atoms with E-state index < -0.39 is 24.8 Å². The van der Waals surface area contributed by atoms with Crippen LogP contribution in [0.15, 0.2) is 91.0 Å². The Kier molecular flexibility index (Phi) is 6.69. The smallest absolute Gasteiger partial charge is 0.337 e. The Morgan fingerprint density at radius 1 is 0.821 bits per heavy atom. The molecule has 0 radical (unpaired) electrons. The molecule has 3 aromatic rings. The van der Waals surface area contributed by atoms with Crippen LogP contribution in [0.2, 0.25) is 0 Å². The fraction of sp³-hybridized carbons (Fsp3) is 0.136. The average molecular weight is 415 g/mol. The van der Waals surface area contributed by atoms with Gasteiger partial charge in [0.25, 0.3) is 7.37 Å². The van der Waals surface area contributed by atoms with E-state index in [4.69, 9.17) is 20.9 Å². The standard InChI is InChI=1S/C22H20ClO4P/c1-26-22(24)21(20(23)17-11-5-2-6-12-17)27-28(25,18-13-7-3-8-14-18)19-15-9-4-10-16-19/h2-16,20-21H,1H3/t20-,21-/m0/s1. The molecule has 0 aromatic heterocycles. The third kappa shape index (κ3) is 4.36. The number of rotatable bonds is 7. The molecule has 3 aromatic carbocycles. The first kappa shape index (κ1) is 20.3. The van der Waals surface area contributed by atoms with E-state index in [1.165, 1.54) is 7.11 Å². The van der Waals surface area contributed by atoms with Crippen LogP contribution >= 0.6 is 19.0 Å². The second-order valence-corrected chi connectivity index (χ2v) is 8.90. The number of methoxy groups -OCH3 is 1. The Morgan fingerprint density at radius 2 is 1.25 bits per heavy atom. The Balaban J connectivity index is 2.06. The molecule has 0 aliphatic carbocycles. The molecule has 6 heteroatoms. The molecule has 144 valence electrons. The highest BCUT2D eigenvalue weighted by atomic mass is 35.5. The molecular formula is C22H20ClO4P. The molecule has 0 fully saturated rings. The highest BCUT2D eigenvalue weighted by Gasteiger charge is 2.39. The molecule has 0 amide bonds. The number of hydrogen-bond donors (Lipinski definition) is 0. The summed E-state index contributed by atoms with van der Waals surface area (Å²) >= 11 is 6.58. The number of benzene rings is 3. The topological polar surface area (TPSA) is 52.6 Å². The van der Waals surface area contributed by atoms with Crippen LogP contribution in [0.3, 0.4) is 0 Å². The second kappa shape index (κ2) is 9.20. The zero-order chi connectivity index (χ0) is 20.0. The number of carbonyl (C=O) groups is 1. The van der Waals surface area contributed by atoms with E-state index in [9.17, 15) is 9.36 Å². The van der Waals surface area contributed by atoms with Crippen molar-refractivity contribution in [2.45, 2.75) is 11.5 Å². The van der Waals surface area contributed by atoms with Crippen LogP contribution in [0.25, 0.3) is 0 Å². The maximum atomic E-state index is 14.1. The highest BCUT2D eigenvalue weighted by Crippen LogP contribution is 2.48. The number of halogens is 1. The van der Waals surface area contributed by atoms with Crippen LogP contribution in [0.5, 0.6) is 0 Å². The van der Waals surface area contributed by atoms with Crippen molar-refractivity contribution in [3.05, 3.63) is 96.6 Å². The lowest BCUT2D eigenvalue weighted by Gasteiger charge is -2.27. The van der Waals surface area contributed by atoms with Crippen LogP contribution in [-0.4, -0.2) is 19.2 Å². The number of esters is 1. The molecule has 0 unspecified atom stereocenters. The van der Waals surface area contributed by atoms with Gasteiger partial charge >= 0.3 is 5.97 Å². The molecule has 4 nitrogen and oxygen atoms in total. The monoisotopic (exact) mass is 414 g/mol. The number of hydrogen-bond acceptors (Lipinski definition) is 4. The van der Waals surface area contributed by atoms with Gasteiger partial charge in [-0.25, -0.2) is 4.79 Å². The summed E-state index contributed by atoms with van der Waals surface area (Å²) in [4.78, 5) is 12.5. The summed E-state index contributed by atoms with van der Waals surface area (Å²) in [5.41, 5.74) is 0.673. The van der Waals surface area contributed by atoms with Gasteiger partial charge in [0.15, 0.2) is 6.10 Å². The molecule has 0 aliphatic rings. The Hall–Kier alpha value is -2.39. The van der Waals surface area contributed by atoms with Crippen LogP contribution < -0.4 is 10.6 Å². The molecule has 0 aliphatic heterocycles. The summed E-state index contributed by atoms with van der Waals surface area (Å²) < 4.78 is 25.0. The van der Waals surface area contributed by atoms with E-state index in [1.54, 1.807) is 60.7 Å². The molecule has 0 N–H and O–H groups in total. The van der Waals surface area contributed by atoms with Crippen molar-refractivity contribution < 1.29 is 18.6 Å². The molecule has 28 heavy (non-hydrogen) atoms. The van der Waals surface area contributed by atoms with Gasteiger partial charge in [0, 0.05) is 10.6 Å². The minimum absolute atomic E-state index is 0.479. The van der Waals surface area contributed by atoms with Gasteiger partial charge in [-0.3, -0.25) is 4.57 Å². The predicted molar refractivity (Wildman–Crippen MR) is 112 cm³/mol. The molecular weight excluding hydrogens is 395 g/mol. The van der Waals surface area contributed by atoms with Crippen molar-refractivity contribution >= 4 is 35.5 Å². The van der Waals surface area contributed by atoms with Crippen LogP contribution in [0.1, 0.15) is 10.9 Å². The summed E-state index contributed by atoms with van der Waals surface area (Å²) in [6, 6.07) is 26.7. The summed E-state index contributed by atoms with van der Waals surface area (Å²) in [6.45, 7) is 0. The van der Waals surface area contributed by atoms with Crippen molar-refractivity contribution in [1.29, 1.82) is 0 Å². The fourth-order valence-electron chi connectivity index (χ4n) is 2.82. The molecule has 0 heterocycles. The van der Waals surface area contributed by atoms with E-state index in [2.05, 4.69) is 0 Å². The lowest BCUT2D eigenvalue weighted by molar-refractivity contribution is -0.148. The van der Waals surface area contributed by atoms with Crippen molar-refractivity contribution in [3.8, 4) is 0 Å². The lowest BCUT2D eigenvalue weighted by atomic mass is 10.1. The largest absolute Gasteiger partial charge is 0.467 e. The van der Waals surface area contributed by atoms with E-state index in [0.717, 1.165) is 0 Å². The molecule has 2 atom stereocenters. The van der Waals surface area contributed by atoms with E-state index in [0.29, 0.717) is 16.2 Å².